The Bertz CT molecular complexity index is 2270. The Labute approximate surface area is 302 Å². The molecule has 8 nitrogen and oxygen atoms in total. The summed E-state index contributed by atoms with van der Waals surface area (Å²) < 4.78 is 15.7. The van der Waals surface area contributed by atoms with Crippen LogP contribution in [0.5, 0.6) is 11.5 Å². The number of anilines is 1. The second kappa shape index (κ2) is 14.2. The number of para-hydroxylation sites is 1. The Kier molecular flexibility index (Phi) is 9.90. The number of benzene rings is 4. The Morgan fingerprint density at radius 1 is 1.06 bits per heavy atom. The highest BCUT2D eigenvalue weighted by Gasteiger charge is 2.33. The number of thiazole rings is 1. The first kappa shape index (κ1) is 32.7. The van der Waals surface area contributed by atoms with Gasteiger partial charge in [-0.2, -0.15) is 5.26 Å². The molecule has 0 saturated heterocycles. The molecule has 0 unspecified atom stereocenters. The van der Waals surface area contributed by atoms with Crippen molar-refractivity contribution < 1.29 is 14.3 Å². The number of nitrogens with zero attached hydrogens (tertiary/aromatic N) is 3. The molecular formula is C36H26I2N4O4S. The summed E-state index contributed by atoms with van der Waals surface area (Å²) in [7, 11) is 1.58. The standard InChI is InChI=1S/C36H26I2N4O4S/c1-21-31(34(43)41-27-12-4-3-5-13-27)32(22-11-8-14-28(16-22)45-2)42-35(44)30(47-36(42)40-21)17-25-15-26(37)18-29(38)33(25)46-20-24-10-7-6-9-23(24)19-39/h3-18,32H,20H2,1-2H3,(H,41,43)/b30-17-/t32-/m0/s1. The Hall–Kier alpha value is -4.26. The predicted octanol–water partition coefficient (Wildman–Crippen LogP) is 6.54. The quantitative estimate of drug-likeness (QED) is 0.179. The molecule has 0 bridgehead atoms. The van der Waals surface area contributed by atoms with Crippen molar-refractivity contribution in [2.75, 3.05) is 12.4 Å². The van der Waals surface area contributed by atoms with Crippen LogP contribution < -0.4 is 29.7 Å². The van der Waals surface area contributed by atoms with Crippen molar-refractivity contribution in [2.24, 2.45) is 4.99 Å². The number of fused-ring (bicyclic) bond motifs is 1. The minimum atomic E-state index is -0.749. The van der Waals surface area contributed by atoms with E-state index < -0.39 is 6.04 Å². The van der Waals surface area contributed by atoms with Crippen molar-refractivity contribution in [3.8, 4) is 17.6 Å². The third-order valence-corrected chi connectivity index (χ3v) is 9.95. The fourth-order valence-electron chi connectivity index (χ4n) is 5.34. The molecule has 1 atom stereocenters. The Balaban J connectivity index is 1.47. The SMILES string of the molecule is COc1cccc([C@H]2C(C(=O)Nc3ccccc3)=C(C)N=c3s/c(=C\c4cc(I)cc(I)c4OCc4ccccc4C#N)c(=O)n32)c1. The van der Waals surface area contributed by atoms with E-state index in [0.29, 0.717) is 48.9 Å². The van der Waals surface area contributed by atoms with Gasteiger partial charge in [-0.15, -0.1) is 0 Å². The maximum atomic E-state index is 14.3. The number of halogens is 2. The summed E-state index contributed by atoms with van der Waals surface area (Å²) in [5, 5.41) is 12.5. The molecule has 1 aliphatic rings. The number of allylic oxidation sites excluding steroid dienone is 1. The summed E-state index contributed by atoms with van der Waals surface area (Å²) in [5.74, 6) is 0.864. The van der Waals surface area contributed by atoms with Crippen molar-refractivity contribution in [3.05, 3.63) is 151 Å². The smallest absolute Gasteiger partial charge is 0.271 e. The van der Waals surface area contributed by atoms with E-state index in [0.717, 1.165) is 18.3 Å². The minimum Gasteiger partial charge on any atom is -0.497 e. The van der Waals surface area contributed by atoms with Crippen LogP contribution in [-0.4, -0.2) is 17.6 Å². The number of ether oxygens (including phenoxy) is 2. The van der Waals surface area contributed by atoms with Gasteiger partial charge >= 0.3 is 0 Å². The van der Waals surface area contributed by atoms with Crippen LogP contribution in [0.2, 0.25) is 0 Å². The molecular weight excluding hydrogens is 838 g/mol. The number of carbonyl (C=O) groups is 1. The molecule has 1 amide bonds. The van der Waals surface area contributed by atoms with E-state index in [1.807, 2.05) is 91.0 Å². The summed E-state index contributed by atoms with van der Waals surface area (Å²) in [5.41, 5.74) is 3.98. The lowest BCUT2D eigenvalue weighted by Gasteiger charge is -2.25. The average molecular weight is 865 g/mol. The lowest BCUT2D eigenvalue weighted by atomic mass is 9.95. The van der Waals surface area contributed by atoms with Crippen LogP contribution in [0.3, 0.4) is 0 Å². The van der Waals surface area contributed by atoms with Crippen LogP contribution in [-0.2, 0) is 11.4 Å². The molecule has 5 aromatic rings. The maximum absolute atomic E-state index is 14.3. The van der Waals surface area contributed by atoms with E-state index in [-0.39, 0.29) is 18.1 Å². The number of amides is 1. The molecule has 0 spiro atoms. The minimum absolute atomic E-state index is 0.192. The zero-order valence-corrected chi connectivity index (χ0v) is 30.3. The van der Waals surface area contributed by atoms with Gasteiger partial charge in [0.2, 0.25) is 0 Å². The molecule has 0 aliphatic carbocycles. The van der Waals surface area contributed by atoms with Gasteiger partial charge in [0.25, 0.3) is 11.5 Å². The van der Waals surface area contributed by atoms with Gasteiger partial charge in [0.15, 0.2) is 4.80 Å². The molecule has 6 rings (SSSR count). The molecule has 2 heterocycles. The molecule has 0 fully saturated rings. The van der Waals surface area contributed by atoms with Crippen LogP contribution in [0, 0.1) is 18.5 Å². The molecule has 0 saturated carbocycles. The number of hydrogen-bond acceptors (Lipinski definition) is 7. The number of aromatic nitrogens is 1. The summed E-state index contributed by atoms with van der Waals surface area (Å²) in [6, 6.07) is 29.3. The largest absolute Gasteiger partial charge is 0.497 e. The van der Waals surface area contributed by atoms with Crippen molar-refractivity contribution in [2.45, 2.75) is 19.6 Å². The molecule has 234 valence electrons. The zero-order chi connectivity index (χ0) is 33.1. The van der Waals surface area contributed by atoms with Crippen molar-refractivity contribution in [1.82, 2.24) is 4.57 Å². The average Bonchev–Trinajstić information content (AvgIpc) is 3.37. The second-order valence-corrected chi connectivity index (χ2v) is 14.0. The number of rotatable bonds is 8. The number of hydrogen-bond donors (Lipinski definition) is 1. The molecule has 0 radical (unpaired) electrons. The van der Waals surface area contributed by atoms with Gasteiger partial charge < -0.3 is 14.8 Å². The lowest BCUT2D eigenvalue weighted by Crippen LogP contribution is -2.40. The number of nitrogens with one attached hydrogen (secondary N) is 1. The molecule has 11 heteroatoms. The molecule has 1 aromatic heterocycles. The number of nitriles is 1. The fraction of sp³-hybridized carbons (Fsp3) is 0.111. The van der Waals surface area contributed by atoms with Crippen LogP contribution in [0.1, 0.15) is 35.2 Å². The van der Waals surface area contributed by atoms with Crippen LogP contribution in [0.25, 0.3) is 6.08 Å². The van der Waals surface area contributed by atoms with E-state index >= 15 is 0 Å². The predicted molar refractivity (Wildman–Crippen MR) is 199 cm³/mol. The van der Waals surface area contributed by atoms with E-state index in [1.165, 1.54) is 11.3 Å². The molecule has 1 N–H and O–H groups in total. The number of methoxy groups -OCH3 is 1. The second-order valence-electron chi connectivity index (χ2n) is 10.5. The first-order valence-electron chi connectivity index (χ1n) is 14.4. The van der Waals surface area contributed by atoms with Crippen LogP contribution in [0.15, 0.2) is 112 Å². The van der Waals surface area contributed by atoms with Gasteiger partial charge in [0, 0.05) is 20.4 Å². The van der Waals surface area contributed by atoms with E-state index in [2.05, 4.69) is 56.6 Å². The Morgan fingerprint density at radius 2 is 1.83 bits per heavy atom. The van der Waals surface area contributed by atoms with Crippen molar-refractivity contribution in [1.29, 1.82) is 5.26 Å². The van der Waals surface area contributed by atoms with Gasteiger partial charge in [-0.05, 0) is 106 Å². The van der Waals surface area contributed by atoms with Gasteiger partial charge in [0.05, 0.1) is 44.2 Å². The highest BCUT2D eigenvalue weighted by molar-refractivity contribution is 14.1. The fourth-order valence-corrected chi connectivity index (χ4v) is 8.43. The highest BCUT2D eigenvalue weighted by Crippen LogP contribution is 2.33. The summed E-state index contributed by atoms with van der Waals surface area (Å²) in [4.78, 5) is 33.5. The van der Waals surface area contributed by atoms with Gasteiger partial charge in [0.1, 0.15) is 18.1 Å². The monoisotopic (exact) mass is 864 g/mol. The summed E-state index contributed by atoms with van der Waals surface area (Å²) in [6.45, 7) is 1.98. The molecule has 1 aliphatic heterocycles. The third-order valence-electron chi connectivity index (χ3n) is 7.54. The van der Waals surface area contributed by atoms with Crippen LogP contribution in [0.4, 0.5) is 5.69 Å². The van der Waals surface area contributed by atoms with Gasteiger partial charge in [-0.25, -0.2) is 4.99 Å². The summed E-state index contributed by atoms with van der Waals surface area (Å²) in [6.07, 6.45) is 1.81. The van der Waals surface area contributed by atoms with Crippen molar-refractivity contribution in [3.63, 3.8) is 0 Å². The van der Waals surface area contributed by atoms with Crippen molar-refractivity contribution >= 4 is 74.2 Å². The zero-order valence-electron chi connectivity index (χ0n) is 25.2. The topological polar surface area (TPSA) is 106 Å². The molecule has 47 heavy (non-hydrogen) atoms. The first-order valence-corrected chi connectivity index (χ1v) is 17.4. The van der Waals surface area contributed by atoms with E-state index in [4.69, 9.17) is 14.5 Å². The summed E-state index contributed by atoms with van der Waals surface area (Å²) >= 11 is 5.72. The number of carbonyl (C=O) groups excluding carboxylic acids is 1. The van der Waals surface area contributed by atoms with Gasteiger partial charge in [-0.1, -0.05) is 59.9 Å². The first-order chi connectivity index (χ1) is 22.8. The van der Waals surface area contributed by atoms with E-state index in [1.54, 1.807) is 24.7 Å². The Morgan fingerprint density at radius 3 is 2.60 bits per heavy atom. The van der Waals surface area contributed by atoms with Crippen LogP contribution >= 0.6 is 56.5 Å². The van der Waals surface area contributed by atoms with Gasteiger partial charge in [-0.3, -0.25) is 14.2 Å². The van der Waals surface area contributed by atoms with E-state index in [9.17, 15) is 14.9 Å². The maximum Gasteiger partial charge on any atom is 0.271 e. The normalized spacial score (nSPS) is 14.2. The third kappa shape index (κ3) is 6.90. The lowest BCUT2D eigenvalue weighted by molar-refractivity contribution is -0.113. The highest BCUT2D eigenvalue weighted by atomic mass is 127. The molecule has 4 aromatic carbocycles.